The van der Waals surface area contributed by atoms with Gasteiger partial charge in [0.1, 0.15) is 5.82 Å². The number of rotatable bonds is 8. The first-order valence-corrected chi connectivity index (χ1v) is 9.52. The molecule has 0 saturated carbocycles. The number of amides is 1. The molecule has 0 spiro atoms. The Kier molecular flexibility index (Phi) is 6.90. The van der Waals surface area contributed by atoms with Gasteiger partial charge in [0.15, 0.2) is 0 Å². The molecule has 2 aromatic rings. The number of sulfonamides is 1. The summed E-state index contributed by atoms with van der Waals surface area (Å²) in [7, 11) is -3.95. The van der Waals surface area contributed by atoms with E-state index in [1.54, 1.807) is 0 Å². The molecule has 0 aliphatic carbocycles. The largest absolute Gasteiger partial charge is 0.351 e. The fourth-order valence-electron chi connectivity index (χ4n) is 2.18. The number of benzene rings is 2. The van der Waals surface area contributed by atoms with Crippen molar-refractivity contribution >= 4 is 27.5 Å². The summed E-state index contributed by atoms with van der Waals surface area (Å²) < 4.78 is 40.0. The Morgan fingerprint density at radius 1 is 1.15 bits per heavy atom. The summed E-state index contributed by atoms with van der Waals surface area (Å²) in [5, 5.41) is 2.95. The normalized spacial score (nSPS) is 11.3. The topological polar surface area (TPSA) is 66.5 Å². The van der Waals surface area contributed by atoms with Crippen molar-refractivity contribution in [1.29, 1.82) is 0 Å². The van der Waals surface area contributed by atoms with Crippen LogP contribution in [-0.2, 0) is 21.4 Å². The molecule has 2 rings (SSSR count). The maximum absolute atomic E-state index is 13.1. The number of nitrogens with one attached hydrogen (secondary N) is 1. The van der Waals surface area contributed by atoms with Crippen LogP contribution in [0.5, 0.6) is 0 Å². The third-order valence-electron chi connectivity index (χ3n) is 3.49. The van der Waals surface area contributed by atoms with E-state index < -0.39 is 21.7 Å². The van der Waals surface area contributed by atoms with Crippen molar-refractivity contribution in [3.63, 3.8) is 0 Å². The summed E-state index contributed by atoms with van der Waals surface area (Å²) in [6.07, 6.45) is 1.50. The van der Waals surface area contributed by atoms with Gasteiger partial charge >= 0.3 is 0 Å². The zero-order valence-electron chi connectivity index (χ0n) is 13.9. The average Bonchev–Trinajstić information content (AvgIpc) is 2.61. The van der Waals surface area contributed by atoms with E-state index in [4.69, 9.17) is 11.6 Å². The standard InChI is InChI=1S/C18H18ClFN2O3S/c1-2-11-21-18(23)13-22(12-14-3-7-16(20)8-4-14)26(24,25)17-9-5-15(19)6-10-17/h2-10H,1,11-13H2,(H,21,23). The minimum atomic E-state index is -3.95. The third kappa shape index (κ3) is 5.39. The van der Waals surface area contributed by atoms with Crippen molar-refractivity contribution in [1.82, 2.24) is 9.62 Å². The van der Waals surface area contributed by atoms with Crippen LogP contribution in [-0.4, -0.2) is 31.7 Å². The minimum absolute atomic E-state index is 0.0144. The van der Waals surface area contributed by atoms with Gasteiger partial charge in [0.2, 0.25) is 15.9 Å². The molecule has 0 atom stereocenters. The van der Waals surface area contributed by atoms with E-state index in [1.807, 2.05) is 0 Å². The molecule has 2 aromatic carbocycles. The summed E-state index contributed by atoms with van der Waals surface area (Å²) in [6, 6.07) is 11.1. The fourth-order valence-corrected chi connectivity index (χ4v) is 3.69. The van der Waals surface area contributed by atoms with E-state index in [9.17, 15) is 17.6 Å². The molecule has 26 heavy (non-hydrogen) atoms. The Balaban J connectivity index is 2.31. The summed E-state index contributed by atoms with van der Waals surface area (Å²) in [6.45, 7) is 3.27. The van der Waals surface area contributed by atoms with E-state index in [2.05, 4.69) is 11.9 Å². The van der Waals surface area contributed by atoms with Crippen LogP contribution in [0.3, 0.4) is 0 Å². The summed E-state index contributed by atoms with van der Waals surface area (Å²) >= 11 is 5.81. The van der Waals surface area contributed by atoms with Crippen LogP contribution < -0.4 is 5.32 Å². The van der Waals surface area contributed by atoms with Crippen LogP contribution in [0.15, 0.2) is 66.1 Å². The van der Waals surface area contributed by atoms with Gasteiger partial charge in [-0.3, -0.25) is 4.79 Å². The zero-order valence-corrected chi connectivity index (χ0v) is 15.4. The molecule has 1 N–H and O–H groups in total. The van der Waals surface area contributed by atoms with Gasteiger partial charge in [-0.1, -0.05) is 29.8 Å². The smallest absolute Gasteiger partial charge is 0.243 e. The summed E-state index contributed by atoms with van der Waals surface area (Å²) in [5.41, 5.74) is 0.556. The molecule has 0 aromatic heterocycles. The second-order valence-corrected chi connectivity index (χ2v) is 7.82. The lowest BCUT2D eigenvalue weighted by atomic mass is 10.2. The van der Waals surface area contributed by atoms with Gasteiger partial charge in [-0.2, -0.15) is 4.31 Å². The van der Waals surface area contributed by atoms with Gasteiger partial charge in [0.05, 0.1) is 11.4 Å². The quantitative estimate of drug-likeness (QED) is 0.697. The SMILES string of the molecule is C=CCNC(=O)CN(Cc1ccc(F)cc1)S(=O)(=O)c1ccc(Cl)cc1. The lowest BCUT2D eigenvalue weighted by molar-refractivity contribution is -0.121. The first kappa shape index (κ1) is 20.1. The highest BCUT2D eigenvalue weighted by Crippen LogP contribution is 2.20. The maximum Gasteiger partial charge on any atom is 0.243 e. The lowest BCUT2D eigenvalue weighted by Crippen LogP contribution is -2.40. The number of nitrogens with zero attached hydrogens (tertiary/aromatic N) is 1. The Hall–Kier alpha value is -2.22. The van der Waals surface area contributed by atoms with Crippen molar-refractivity contribution < 1.29 is 17.6 Å². The first-order valence-electron chi connectivity index (χ1n) is 7.70. The highest BCUT2D eigenvalue weighted by molar-refractivity contribution is 7.89. The number of carbonyl (C=O) groups excluding carboxylic acids is 1. The van der Waals surface area contributed by atoms with Crippen molar-refractivity contribution in [2.24, 2.45) is 0 Å². The first-order chi connectivity index (χ1) is 12.3. The molecule has 8 heteroatoms. The highest BCUT2D eigenvalue weighted by atomic mass is 35.5. The van der Waals surface area contributed by atoms with Crippen molar-refractivity contribution in [3.05, 3.63) is 77.6 Å². The Labute approximate surface area is 157 Å². The predicted molar refractivity (Wildman–Crippen MR) is 98.7 cm³/mol. The van der Waals surface area contributed by atoms with Crippen LogP contribution in [0.4, 0.5) is 4.39 Å². The van der Waals surface area contributed by atoms with Gasteiger partial charge in [0.25, 0.3) is 0 Å². The number of hydrogen-bond donors (Lipinski definition) is 1. The monoisotopic (exact) mass is 396 g/mol. The molecular formula is C18H18ClFN2O3S. The van der Waals surface area contributed by atoms with Gasteiger partial charge in [-0.15, -0.1) is 6.58 Å². The van der Waals surface area contributed by atoms with Crippen molar-refractivity contribution in [2.75, 3.05) is 13.1 Å². The second-order valence-electron chi connectivity index (χ2n) is 5.45. The fraction of sp³-hybridized carbons (Fsp3) is 0.167. The van der Waals surface area contributed by atoms with Crippen LogP contribution in [0.25, 0.3) is 0 Å². The Bertz CT molecular complexity index is 868. The summed E-state index contributed by atoms with van der Waals surface area (Å²) in [4.78, 5) is 12.1. The molecule has 0 aliphatic rings. The molecule has 0 aliphatic heterocycles. The minimum Gasteiger partial charge on any atom is -0.351 e. The molecular weight excluding hydrogens is 379 g/mol. The Morgan fingerprint density at radius 2 is 1.77 bits per heavy atom. The molecule has 0 unspecified atom stereocenters. The van der Waals surface area contributed by atoms with E-state index >= 15 is 0 Å². The van der Waals surface area contributed by atoms with E-state index in [-0.39, 0.29) is 24.5 Å². The third-order valence-corrected chi connectivity index (χ3v) is 5.55. The molecule has 0 heterocycles. The molecule has 1 amide bonds. The molecule has 138 valence electrons. The lowest BCUT2D eigenvalue weighted by Gasteiger charge is -2.22. The maximum atomic E-state index is 13.1. The van der Waals surface area contributed by atoms with Crippen LogP contribution in [0.2, 0.25) is 5.02 Å². The van der Waals surface area contributed by atoms with Gasteiger partial charge in [0, 0.05) is 18.1 Å². The van der Waals surface area contributed by atoms with Gasteiger partial charge in [-0.25, -0.2) is 12.8 Å². The molecule has 5 nitrogen and oxygen atoms in total. The number of carbonyl (C=O) groups is 1. The number of halogens is 2. The summed E-state index contributed by atoms with van der Waals surface area (Å²) in [5.74, 6) is -0.894. The van der Waals surface area contributed by atoms with E-state index in [0.29, 0.717) is 10.6 Å². The average molecular weight is 397 g/mol. The van der Waals surface area contributed by atoms with Gasteiger partial charge in [-0.05, 0) is 42.0 Å². The molecule has 0 saturated heterocycles. The van der Waals surface area contributed by atoms with Crippen molar-refractivity contribution in [3.8, 4) is 0 Å². The van der Waals surface area contributed by atoms with E-state index in [1.165, 1.54) is 54.6 Å². The van der Waals surface area contributed by atoms with Crippen LogP contribution >= 0.6 is 11.6 Å². The highest BCUT2D eigenvalue weighted by Gasteiger charge is 2.26. The van der Waals surface area contributed by atoms with Gasteiger partial charge < -0.3 is 5.32 Å². The van der Waals surface area contributed by atoms with Crippen LogP contribution in [0, 0.1) is 5.82 Å². The Morgan fingerprint density at radius 3 is 2.35 bits per heavy atom. The molecule has 0 radical (unpaired) electrons. The van der Waals surface area contributed by atoms with Crippen molar-refractivity contribution in [2.45, 2.75) is 11.4 Å². The number of hydrogen-bond acceptors (Lipinski definition) is 3. The molecule has 0 bridgehead atoms. The van der Waals surface area contributed by atoms with Crippen LogP contribution in [0.1, 0.15) is 5.56 Å². The van der Waals surface area contributed by atoms with E-state index in [0.717, 1.165) is 4.31 Å². The zero-order chi connectivity index (χ0) is 19.2. The second kappa shape index (κ2) is 8.93. The molecule has 0 fully saturated rings. The predicted octanol–water partition coefficient (Wildman–Crippen LogP) is 2.97.